The Balaban J connectivity index is 1.95. The summed E-state index contributed by atoms with van der Waals surface area (Å²) in [6.07, 6.45) is 6.76. The van der Waals surface area contributed by atoms with Gasteiger partial charge in [-0.1, -0.05) is 42.5 Å². The quantitative estimate of drug-likeness (QED) is 0.737. The minimum Gasteiger partial charge on any atom is -0.466 e. The molecule has 1 spiro atoms. The number of hydrogen-bond acceptors (Lipinski definition) is 4. The summed E-state index contributed by atoms with van der Waals surface area (Å²) >= 11 is 0. The van der Waals surface area contributed by atoms with E-state index in [1.165, 1.54) is 6.08 Å². The molecule has 3 heterocycles. The lowest BCUT2D eigenvalue weighted by Crippen LogP contribution is -2.44. The van der Waals surface area contributed by atoms with Gasteiger partial charge in [0.1, 0.15) is 23.1 Å². The maximum Gasteiger partial charge on any atom is 0.232 e. The van der Waals surface area contributed by atoms with Crippen molar-refractivity contribution >= 4 is 17.3 Å². The molecule has 2 unspecified atom stereocenters. The minimum absolute atomic E-state index is 0.198. The number of dihydropyridines is 1. The molecule has 2 bridgehead atoms. The van der Waals surface area contributed by atoms with Crippen LogP contribution >= 0.6 is 0 Å². The lowest BCUT2D eigenvalue weighted by atomic mass is 9.88. The maximum atomic E-state index is 12.4. The average Bonchev–Trinajstić information content (AvgIpc) is 2.72. The van der Waals surface area contributed by atoms with E-state index >= 15 is 0 Å². The van der Waals surface area contributed by atoms with Crippen LogP contribution in [0.1, 0.15) is 5.56 Å². The van der Waals surface area contributed by atoms with Crippen LogP contribution in [-0.2, 0) is 9.53 Å². The summed E-state index contributed by atoms with van der Waals surface area (Å²) in [5, 5.41) is 9.52. The van der Waals surface area contributed by atoms with Crippen molar-refractivity contribution in [2.45, 2.75) is 11.6 Å². The highest BCUT2D eigenvalue weighted by Crippen LogP contribution is 2.42. The van der Waals surface area contributed by atoms with Crippen molar-refractivity contribution in [3.05, 3.63) is 65.8 Å². The molecule has 1 aromatic rings. The van der Waals surface area contributed by atoms with Crippen LogP contribution in [0.2, 0.25) is 0 Å². The van der Waals surface area contributed by atoms with Gasteiger partial charge >= 0.3 is 0 Å². The Morgan fingerprint density at radius 3 is 2.81 bits per heavy atom. The highest BCUT2D eigenvalue weighted by Gasteiger charge is 2.53. The fourth-order valence-corrected chi connectivity index (χ4v) is 2.82. The second kappa shape index (κ2) is 4.03. The molecule has 4 nitrogen and oxygen atoms in total. The van der Waals surface area contributed by atoms with Gasteiger partial charge in [-0.25, -0.2) is 0 Å². The Labute approximate surface area is 121 Å². The molecule has 0 radical (unpaired) electrons. The molecule has 0 N–H and O–H groups in total. The third-order valence-corrected chi connectivity index (χ3v) is 3.84. The van der Waals surface area contributed by atoms with Gasteiger partial charge in [-0.2, -0.15) is 5.26 Å². The van der Waals surface area contributed by atoms with E-state index in [0.717, 1.165) is 5.56 Å². The number of rotatable bonds is 1. The summed E-state index contributed by atoms with van der Waals surface area (Å²) < 4.78 is 5.96. The number of carbonyl (C=O) groups excluding carboxylic acids is 1. The number of nitrogens with zero attached hydrogens (tertiary/aromatic N) is 2. The molecule has 3 aliphatic heterocycles. The first-order valence-corrected chi connectivity index (χ1v) is 6.64. The van der Waals surface area contributed by atoms with Crippen molar-refractivity contribution < 1.29 is 9.53 Å². The Hall–Kier alpha value is -2.93. The van der Waals surface area contributed by atoms with Crippen LogP contribution in [0.5, 0.6) is 0 Å². The standard InChI is InChI=1S/C17H10N2O2/c18-10-13-15(11-4-2-1-3-5-11)21-17-9-8-12(19-16(13)17)6-7-14(17)20/h1-9,12H. The molecule has 0 amide bonds. The Morgan fingerprint density at radius 1 is 1.24 bits per heavy atom. The number of hydrogen-bond donors (Lipinski definition) is 0. The molecule has 0 aromatic heterocycles. The summed E-state index contributed by atoms with van der Waals surface area (Å²) in [6.45, 7) is 0. The third-order valence-electron chi connectivity index (χ3n) is 3.84. The van der Waals surface area contributed by atoms with Crippen LogP contribution in [0.15, 0.2) is 65.2 Å². The van der Waals surface area contributed by atoms with Crippen molar-refractivity contribution in [3.63, 3.8) is 0 Å². The molecule has 0 saturated carbocycles. The number of nitriles is 1. The normalized spacial score (nSPS) is 28.8. The van der Waals surface area contributed by atoms with Crippen LogP contribution in [0.4, 0.5) is 0 Å². The second-order valence-electron chi connectivity index (χ2n) is 5.07. The zero-order valence-corrected chi connectivity index (χ0v) is 11.0. The Morgan fingerprint density at radius 2 is 2.05 bits per heavy atom. The fourth-order valence-electron chi connectivity index (χ4n) is 2.82. The van der Waals surface area contributed by atoms with Crippen molar-refractivity contribution in [3.8, 4) is 6.07 Å². The summed E-state index contributed by atoms with van der Waals surface area (Å²) in [5.74, 6) is 0.224. The van der Waals surface area contributed by atoms with Crippen molar-refractivity contribution in [1.29, 1.82) is 5.26 Å². The van der Waals surface area contributed by atoms with Gasteiger partial charge in [-0.05, 0) is 12.2 Å². The van der Waals surface area contributed by atoms with Crippen LogP contribution < -0.4 is 0 Å². The number of ketones is 1. The van der Waals surface area contributed by atoms with E-state index < -0.39 is 5.60 Å². The lowest BCUT2D eigenvalue weighted by Gasteiger charge is -2.25. The van der Waals surface area contributed by atoms with Gasteiger partial charge in [0, 0.05) is 5.56 Å². The molecule has 4 heteroatoms. The van der Waals surface area contributed by atoms with Gasteiger partial charge in [-0.15, -0.1) is 0 Å². The number of ether oxygens (including phenoxy) is 1. The second-order valence-corrected chi connectivity index (χ2v) is 5.07. The number of aliphatic imine (C=N–C) groups is 1. The van der Waals surface area contributed by atoms with Gasteiger partial charge in [0.2, 0.25) is 11.4 Å². The Kier molecular flexibility index (Phi) is 2.28. The molecule has 0 saturated heterocycles. The molecular formula is C17H10N2O2. The smallest absolute Gasteiger partial charge is 0.232 e. The number of benzene rings is 1. The van der Waals surface area contributed by atoms with E-state index in [-0.39, 0.29) is 11.8 Å². The van der Waals surface area contributed by atoms with Crippen LogP contribution in [-0.4, -0.2) is 23.1 Å². The van der Waals surface area contributed by atoms with Crippen LogP contribution in [0, 0.1) is 11.3 Å². The first-order chi connectivity index (χ1) is 10.2. The van der Waals surface area contributed by atoms with E-state index in [0.29, 0.717) is 17.0 Å². The van der Waals surface area contributed by atoms with E-state index in [2.05, 4.69) is 11.1 Å². The van der Waals surface area contributed by atoms with Gasteiger partial charge in [0.25, 0.3) is 0 Å². The van der Waals surface area contributed by atoms with Crippen molar-refractivity contribution in [2.75, 3.05) is 0 Å². The minimum atomic E-state index is -1.26. The van der Waals surface area contributed by atoms with Crippen LogP contribution in [0.25, 0.3) is 5.76 Å². The first kappa shape index (κ1) is 11.9. The monoisotopic (exact) mass is 274 g/mol. The summed E-state index contributed by atoms with van der Waals surface area (Å²) in [5.41, 5.74) is 0.270. The molecule has 5 rings (SSSR count). The number of carbonyl (C=O) groups is 1. The van der Waals surface area contributed by atoms with Crippen molar-refractivity contribution in [1.82, 2.24) is 0 Å². The molecule has 1 aliphatic carbocycles. The van der Waals surface area contributed by atoms with E-state index in [1.807, 2.05) is 36.4 Å². The zero-order valence-electron chi connectivity index (χ0n) is 11.0. The molecule has 2 atom stereocenters. The van der Waals surface area contributed by atoms with Gasteiger partial charge < -0.3 is 4.74 Å². The predicted octanol–water partition coefficient (Wildman–Crippen LogP) is 2.21. The maximum absolute atomic E-state index is 12.4. The first-order valence-electron chi connectivity index (χ1n) is 6.64. The van der Waals surface area contributed by atoms with Crippen LogP contribution in [0.3, 0.4) is 0 Å². The van der Waals surface area contributed by atoms with Gasteiger partial charge in [0.05, 0.1) is 6.04 Å². The molecular weight excluding hydrogens is 264 g/mol. The third kappa shape index (κ3) is 1.49. The molecule has 100 valence electrons. The average molecular weight is 274 g/mol. The van der Waals surface area contributed by atoms with Crippen molar-refractivity contribution in [2.24, 2.45) is 4.99 Å². The zero-order chi connectivity index (χ0) is 14.4. The SMILES string of the molecule is N#CC1=C(c2ccccc2)OC23C=CC(C=CC2=O)N=C13. The van der Waals surface area contributed by atoms with E-state index in [9.17, 15) is 10.1 Å². The molecule has 1 aromatic carbocycles. The molecule has 4 aliphatic rings. The molecule has 0 fully saturated rings. The summed E-state index contributed by atoms with van der Waals surface area (Å²) in [6, 6.07) is 11.3. The topological polar surface area (TPSA) is 62.4 Å². The van der Waals surface area contributed by atoms with Gasteiger partial charge in [-0.3, -0.25) is 9.79 Å². The summed E-state index contributed by atoms with van der Waals surface area (Å²) in [4.78, 5) is 16.9. The van der Waals surface area contributed by atoms with E-state index in [1.54, 1.807) is 12.2 Å². The largest absolute Gasteiger partial charge is 0.466 e. The number of fused-ring (bicyclic) bond motifs is 1. The van der Waals surface area contributed by atoms with Gasteiger partial charge in [0.15, 0.2) is 0 Å². The lowest BCUT2D eigenvalue weighted by molar-refractivity contribution is -0.122. The molecule has 21 heavy (non-hydrogen) atoms. The van der Waals surface area contributed by atoms with E-state index in [4.69, 9.17) is 4.74 Å². The summed E-state index contributed by atoms with van der Waals surface area (Å²) in [7, 11) is 0. The highest BCUT2D eigenvalue weighted by atomic mass is 16.5. The Bertz CT molecular complexity index is 809. The fraction of sp³-hybridized carbons (Fsp3) is 0.118. The highest BCUT2D eigenvalue weighted by molar-refractivity contribution is 6.31. The predicted molar refractivity (Wildman–Crippen MR) is 77.3 cm³/mol.